The highest BCUT2D eigenvalue weighted by atomic mass is 35.5. The monoisotopic (exact) mass is 470 g/mol. The third-order valence-electron chi connectivity index (χ3n) is 5.17. The topological polar surface area (TPSA) is 90.6 Å². The average Bonchev–Trinajstić information content (AvgIpc) is 3.09. The van der Waals surface area contributed by atoms with Gasteiger partial charge >= 0.3 is 11.9 Å². The Morgan fingerprint density at radius 3 is 2.48 bits per heavy atom. The molecular weight excluding hydrogens is 444 g/mol. The minimum Gasteiger partial charge on any atom is -0.489 e. The molecule has 0 unspecified atom stereocenters. The number of imidazole rings is 1. The third-order valence-corrected chi connectivity index (χ3v) is 5.48. The summed E-state index contributed by atoms with van der Waals surface area (Å²) in [6.07, 6.45) is 2.78. The summed E-state index contributed by atoms with van der Waals surface area (Å²) < 4.78 is 13.0. The molecule has 1 aromatic heterocycles. The van der Waals surface area contributed by atoms with E-state index >= 15 is 0 Å². The number of carbonyl (C=O) groups is 2. The zero-order valence-electron chi connectivity index (χ0n) is 18.7. The number of aryl methyl sites for hydroxylation is 1. The molecule has 0 aliphatic heterocycles. The molecular formula is C25H27ClN2O5. The van der Waals surface area contributed by atoms with E-state index in [0.717, 1.165) is 30.7 Å². The van der Waals surface area contributed by atoms with E-state index < -0.39 is 5.97 Å². The fourth-order valence-corrected chi connectivity index (χ4v) is 3.67. The molecule has 0 amide bonds. The normalized spacial score (nSPS) is 10.8. The average molecular weight is 471 g/mol. The molecule has 0 saturated carbocycles. The first-order valence-corrected chi connectivity index (χ1v) is 11.2. The molecule has 1 N–H and O–H groups in total. The van der Waals surface area contributed by atoms with Crippen LogP contribution in [-0.4, -0.2) is 26.6 Å². The lowest BCUT2D eigenvalue weighted by atomic mass is 10.1. The lowest BCUT2D eigenvalue weighted by Crippen LogP contribution is -2.11. The zero-order valence-corrected chi connectivity index (χ0v) is 19.5. The third kappa shape index (κ3) is 6.58. The Kier molecular flexibility index (Phi) is 8.49. The van der Waals surface area contributed by atoms with Crippen LogP contribution >= 0.6 is 11.6 Å². The van der Waals surface area contributed by atoms with Gasteiger partial charge in [0.2, 0.25) is 0 Å². The lowest BCUT2D eigenvalue weighted by molar-refractivity contribution is -0.142. The maximum atomic E-state index is 11.4. The van der Waals surface area contributed by atoms with Gasteiger partial charge in [-0.05, 0) is 30.2 Å². The molecule has 174 valence electrons. The summed E-state index contributed by atoms with van der Waals surface area (Å²) in [6.45, 7) is 4.23. The van der Waals surface area contributed by atoms with Crippen molar-refractivity contribution in [2.75, 3.05) is 0 Å². The number of ether oxygens (including phenoxy) is 2. The first kappa shape index (κ1) is 24.3. The number of rotatable bonds is 11. The maximum absolute atomic E-state index is 11.4. The van der Waals surface area contributed by atoms with E-state index in [2.05, 4.69) is 11.9 Å². The van der Waals surface area contributed by atoms with E-state index in [0.29, 0.717) is 28.7 Å². The highest BCUT2D eigenvalue weighted by Crippen LogP contribution is 2.23. The summed E-state index contributed by atoms with van der Waals surface area (Å²) in [4.78, 5) is 27.1. The van der Waals surface area contributed by atoms with Crippen molar-refractivity contribution in [2.24, 2.45) is 0 Å². The van der Waals surface area contributed by atoms with Gasteiger partial charge in [-0.2, -0.15) is 0 Å². The van der Waals surface area contributed by atoms with Crippen LogP contribution in [0.15, 0.2) is 48.5 Å². The second-order valence-corrected chi connectivity index (χ2v) is 7.99. The highest BCUT2D eigenvalue weighted by Gasteiger charge is 2.17. The van der Waals surface area contributed by atoms with Crippen LogP contribution in [0.3, 0.4) is 0 Å². The largest absolute Gasteiger partial charge is 0.489 e. The van der Waals surface area contributed by atoms with Gasteiger partial charge in [-0.3, -0.25) is 4.79 Å². The van der Waals surface area contributed by atoms with Crippen molar-refractivity contribution in [3.05, 3.63) is 81.9 Å². The molecule has 0 radical (unpaired) electrons. The summed E-state index contributed by atoms with van der Waals surface area (Å²) >= 11 is 6.35. The number of halogens is 1. The number of unbranched alkanes of at least 4 members (excludes halogenated alkanes) is 1. The number of nitrogens with zero attached hydrogens (tertiary/aromatic N) is 2. The molecule has 33 heavy (non-hydrogen) atoms. The number of hydrogen-bond donors (Lipinski definition) is 1. The second kappa shape index (κ2) is 11.5. The van der Waals surface area contributed by atoms with Crippen molar-refractivity contribution in [1.29, 1.82) is 0 Å². The smallest absolute Gasteiger partial charge is 0.336 e. The standard InChI is InChI=1S/C25H27ClN2O5/c1-3-4-9-23-27-24(26)22(16-32-17(2)29)28(23)14-18-10-12-20(13-11-18)33-15-19-7-5-6-8-21(19)25(30)31/h5-8,10-13H,3-4,9,14-16H2,1-2H3,(H,30,31). The summed E-state index contributed by atoms with van der Waals surface area (Å²) in [5.41, 5.74) is 2.51. The molecule has 3 rings (SSSR count). The van der Waals surface area contributed by atoms with Crippen molar-refractivity contribution in [3.63, 3.8) is 0 Å². The number of carboxylic acids is 1. The molecule has 8 heteroatoms. The van der Waals surface area contributed by atoms with E-state index in [-0.39, 0.29) is 24.7 Å². The minimum absolute atomic E-state index is 0.0669. The highest BCUT2D eigenvalue weighted by molar-refractivity contribution is 6.30. The minimum atomic E-state index is -0.980. The predicted molar refractivity (Wildman–Crippen MR) is 125 cm³/mol. The maximum Gasteiger partial charge on any atom is 0.336 e. The molecule has 0 spiro atoms. The first-order valence-electron chi connectivity index (χ1n) is 10.8. The van der Waals surface area contributed by atoms with Gasteiger partial charge in [0.05, 0.1) is 11.3 Å². The van der Waals surface area contributed by atoms with Crippen LogP contribution < -0.4 is 4.74 Å². The van der Waals surface area contributed by atoms with E-state index in [1.807, 2.05) is 28.8 Å². The van der Waals surface area contributed by atoms with Gasteiger partial charge < -0.3 is 19.1 Å². The molecule has 1 heterocycles. The van der Waals surface area contributed by atoms with Crippen molar-refractivity contribution in [2.45, 2.75) is 52.9 Å². The van der Waals surface area contributed by atoms with Crippen LogP contribution in [0, 0.1) is 0 Å². The van der Waals surface area contributed by atoms with Gasteiger partial charge in [0.25, 0.3) is 0 Å². The quantitative estimate of drug-likeness (QED) is 0.384. The van der Waals surface area contributed by atoms with Crippen LogP contribution in [0.2, 0.25) is 5.15 Å². The van der Waals surface area contributed by atoms with Gasteiger partial charge in [-0.1, -0.05) is 55.3 Å². The molecule has 0 aliphatic carbocycles. The zero-order chi connectivity index (χ0) is 23.8. The van der Waals surface area contributed by atoms with E-state index in [1.54, 1.807) is 24.3 Å². The number of carboxylic acid groups (broad SMARTS) is 1. The van der Waals surface area contributed by atoms with Gasteiger partial charge in [-0.25, -0.2) is 9.78 Å². The number of esters is 1. The molecule has 0 aliphatic rings. The number of hydrogen-bond acceptors (Lipinski definition) is 5. The van der Waals surface area contributed by atoms with Crippen LogP contribution in [0.5, 0.6) is 5.75 Å². The van der Waals surface area contributed by atoms with E-state index in [1.165, 1.54) is 6.92 Å². The molecule has 0 atom stereocenters. The van der Waals surface area contributed by atoms with Crippen LogP contribution in [0.25, 0.3) is 0 Å². The van der Waals surface area contributed by atoms with Crippen molar-refractivity contribution >= 4 is 23.5 Å². The molecule has 7 nitrogen and oxygen atoms in total. The molecule has 0 saturated heterocycles. The summed E-state index contributed by atoms with van der Waals surface area (Å²) in [5.74, 6) is 0.135. The lowest BCUT2D eigenvalue weighted by Gasteiger charge is -2.13. The Labute approximate surface area is 197 Å². The number of aromatic nitrogens is 2. The molecule has 0 fully saturated rings. The summed E-state index contributed by atoms with van der Waals surface area (Å²) in [5, 5.41) is 9.66. The van der Waals surface area contributed by atoms with Crippen LogP contribution in [0.4, 0.5) is 0 Å². The fourth-order valence-electron chi connectivity index (χ4n) is 3.41. The van der Waals surface area contributed by atoms with Gasteiger partial charge in [0.1, 0.15) is 24.8 Å². The van der Waals surface area contributed by atoms with Gasteiger partial charge in [0.15, 0.2) is 5.15 Å². The van der Waals surface area contributed by atoms with Crippen molar-refractivity contribution < 1.29 is 24.2 Å². The first-order chi connectivity index (χ1) is 15.9. The van der Waals surface area contributed by atoms with Crippen LogP contribution in [0.1, 0.15) is 59.7 Å². The van der Waals surface area contributed by atoms with Crippen molar-refractivity contribution in [3.8, 4) is 5.75 Å². The SMILES string of the molecule is CCCCc1nc(Cl)c(COC(C)=O)n1Cc1ccc(OCc2ccccc2C(=O)O)cc1. The number of benzene rings is 2. The molecule has 3 aromatic rings. The van der Waals surface area contributed by atoms with Gasteiger partial charge in [0, 0.05) is 25.5 Å². The van der Waals surface area contributed by atoms with Gasteiger partial charge in [-0.15, -0.1) is 0 Å². The van der Waals surface area contributed by atoms with Crippen LogP contribution in [-0.2, 0) is 35.7 Å². The Balaban J connectivity index is 1.74. The van der Waals surface area contributed by atoms with E-state index in [9.17, 15) is 14.7 Å². The summed E-state index contributed by atoms with van der Waals surface area (Å²) in [6, 6.07) is 14.3. The predicted octanol–water partition coefficient (Wildman–Crippen LogP) is 5.27. The Hall–Kier alpha value is -3.32. The molecule has 0 bridgehead atoms. The molecule has 2 aromatic carbocycles. The number of aromatic carboxylic acids is 1. The summed E-state index contributed by atoms with van der Waals surface area (Å²) in [7, 11) is 0. The van der Waals surface area contributed by atoms with E-state index in [4.69, 9.17) is 21.1 Å². The Bertz CT molecular complexity index is 1110. The Morgan fingerprint density at radius 1 is 1.09 bits per heavy atom. The van der Waals surface area contributed by atoms with Crippen molar-refractivity contribution in [1.82, 2.24) is 9.55 Å². The second-order valence-electron chi connectivity index (χ2n) is 7.63. The Morgan fingerprint density at radius 2 is 1.82 bits per heavy atom. The number of carbonyl (C=O) groups excluding carboxylic acids is 1. The fraction of sp³-hybridized carbons (Fsp3) is 0.320.